The van der Waals surface area contributed by atoms with Crippen molar-refractivity contribution in [2.45, 2.75) is 39.3 Å². The van der Waals surface area contributed by atoms with Crippen LogP contribution in [0.15, 0.2) is 18.2 Å². The Morgan fingerprint density at radius 2 is 1.55 bits per heavy atom. The molecule has 0 aliphatic rings. The van der Waals surface area contributed by atoms with Crippen LogP contribution >= 0.6 is 0 Å². The molecule has 0 unspecified atom stereocenters. The summed E-state index contributed by atoms with van der Waals surface area (Å²) in [5, 5.41) is 10.7. The molecule has 8 heteroatoms. The summed E-state index contributed by atoms with van der Waals surface area (Å²) in [6.07, 6.45) is 0. The Morgan fingerprint density at radius 1 is 1.10 bits per heavy atom. The number of hydrogen-bond donors (Lipinski definition) is 0. The molecule has 0 atom stereocenters. The van der Waals surface area contributed by atoms with Crippen LogP contribution in [0.5, 0.6) is 0 Å². The smallest absolute Gasteiger partial charge is 1.00 e. The first-order valence-electron chi connectivity index (χ1n) is 6.00. The topological polar surface area (TPSA) is 46.4 Å². The van der Waals surface area contributed by atoms with Crippen LogP contribution in [-0.4, -0.2) is 44.4 Å². The molecular formula is C12H21ClMgN2O2Si2. The van der Waals surface area contributed by atoms with Crippen LogP contribution in [0.1, 0.15) is 0 Å². The van der Waals surface area contributed by atoms with Crippen molar-refractivity contribution < 1.29 is 17.3 Å². The van der Waals surface area contributed by atoms with Gasteiger partial charge in [-0.2, -0.15) is 0 Å². The molecule has 0 radical (unpaired) electrons. The van der Waals surface area contributed by atoms with Gasteiger partial charge in [0.15, 0.2) is 5.69 Å². The number of anilines is 1. The Bertz CT molecular complexity index is 430. The molecule has 0 fully saturated rings. The Morgan fingerprint density at radius 3 is 1.80 bits per heavy atom. The van der Waals surface area contributed by atoms with Gasteiger partial charge in [0.25, 0.3) is 0 Å². The van der Waals surface area contributed by atoms with Crippen molar-refractivity contribution in [3.63, 3.8) is 0 Å². The first-order valence-corrected chi connectivity index (χ1v) is 12.9. The van der Waals surface area contributed by atoms with Crippen LogP contribution in [0.25, 0.3) is 0 Å². The summed E-state index contributed by atoms with van der Waals surface area (Å²) >= 11 is 0. The number of hydrogen-bond acceptors (Lipinski definition) is 3. The van der Waals surface area contributed by atoms with Gasteiger partial charge in [-0.05, 0) is 0 Å². The fourth-order valence-corrected chi connectivity index (χ4v) is 12.3. The van der Waals surface area contributed by atoms with Crippen LogP contribution < -0.4 is 16.6 Å². The van der Waals surface area contributed by atoms with Crippen molar-refractivity contribution in [3.05, 3.63) is 34.4 Å². The fraction of sp³-hybridized carbons (Fsp3) is 0.500. The van der Waals surface area contributed by atoms with E-state index in [-0.39, 0.29) is 41.1 Å². The van der Waals surface area contributed by atoms with Gasteiger partial charge in [-0.1, -0.05) is 57.1 Å². The molecule has 0 aliphatic heterocycles. The summed E-state index contributed by atoms with van der Waals surface area (Å²) in [6.45, 7) is 13.8. The maximum atomic E-state index is 10.7. The van der Waals surface area contributed by atoms with Gasteiger partial charge in [-0.15, -0.1) is 12.1 Å². The van der Waals surface area contributed by atoms with E-state index in [1.807, 2.05) is 6.07 Å². The van der Waals surface area contributed by atoms with Gasteiger partial charge < -0.3 is 16.6 Å². The third-order valence-electron chi connectivity index (χ3n) is 2.58. The molecule has 1 aromatic carbocycles. The first kappa shape index (κ1) is 22.2. The summed E-state index contributed by atoms with van der Waals surface area (Å²) in [7, 11) is -3.00. The van der Waals surface area contributed by atoms with Gasteiger partial charge in [0.05, 0.1) is 0 Å². The normalized spacial score (nSPS) is 11.1. The van der Waals surface area contributed by atoms with E-state index in [1.54, 1.807) is 12.1 Å². The summed E-state index contributed by atoms with van der Waals surface area (Å²) in [6, 6.07) is 7.92. The molecule has 0 N–H and O–H groups in total. The second-order valence-electron chi connectivity index (χ2n) is 6.37. The average Bonchev–Trinajstić information content (AvgIpc) is 2.13. The van der Waals surface area contributed by atoms with Crippen LogP contribution in [0, 0.1) is 16.2 Å². The molecular weight excluding hydrogens is 320 g/mol. The number of halogens is 1. The SMILES string of the molecule is C[Si](C)(C)N(c1c[c-]c([N+](=O)[O-])cc1)[Si](C)(C)C.[Cl-].[Mg+2]. The maximum Gasteiger partial charge on any atom is 2.00 e. The number of non-ortho nitro benzene ring substituents is 1. The summed E-state index contributed by atoms with van der Waals surface area (Å²) < 4.78 is 2.51. The predicted molar refractivity (Wildman–Crippen MR) is 86.9 cm³/mol. The molecule has 0 aromatic heterocycles. The molecule has 1 rings (SSSR count). The molecule has 0 aliphatic carbocycles. The van der Waals surface area contributed by atoms with Crippen molar-refractivity contribution in [2.75, 3.05) is 4.23 Å². The largest absolute Gasteiger partial charge is 2.00 e. The van der Waals surface area contributed by atoms with E-state index < -0.39 is 21.4 Å². The minimum Gasteiger partial charge on any atom is -1.00 e. The molecule has 0 saturated carbocycles. The molecule has 20 heavy (non-hydrogen) atoms. The van der Waals surface area contributed by atoms with E-state index in [0.717, 1.165) is 5.69 Å². The van der Waals surface area contributed by atoms with Crippen LogP contribution in [0.3, 0.4) is 0 Å². The van der Waals surface area contributed by atoms with Gasteiger partial charge in [0.1, 0.15) is 16.5 Å². The van der Waals surface area contributed by atoms with E-state index in [1.165, 1.54) is 0 Å². The van der Waals surface area contributed by atoms with Crippen LogP contribution in [-0.2, 0) is 0 Å². The quantitative estimate of drug-likeness (QED) is 0.347. The predicted octanol–water partition coefficient (Wildman–Crippen LogP) is 0.494. The third kappa shape index (κ3) is 5.72. The van der Waals surface area contributed by atoms with Gasteiger partial charge in [-0.25, -0.2) is 0 Å². The zero-order valence-corrected chi connectivity index (χ0v) is 17.2. The monoisotopic (exact) mass is 340 g/mol. The standard InChI is InChI=1S/C12H21N2O2Si2.ClH.Mg/c1-17(2,3)14(18(4,5)6)12-9-7-11(8-10-12)13(15)16;;/h7,9-10H,1-6H3;1H;/q-1;;+2/p-1. The van der Waals surface area contributed by atoms with Crippen molar-refractivity contribution in [2.24, 2.45) is 0 Å². The van der Waals surface area contributed by atoms with Crippen molar-refractivity contribution in [1.29, 1.82) is 0 Å². The minimum atomic E-state index is -1.50. The van der Waals surface area contributed by atoms with Crippen LogP contribution in [0.2, 0.25) is 39.3 Å². The minimum absolute atomic E-state index is 0. The van der Waals surface area contributed by atoms with E-state index >= 15 is 0 Å². The number of benzene rings is 1. The average molecular weight is 341 g/mol. The fourth-order valence-electron chi connectivity index (χ4n) is 2.44. The number of nitro groups is 1. The second-order valence-corrected chi connectivity index (χ2v) is 16.4. The molecule has 0 spiro atoms. The Labute approximate surface area is 145 Å². The molecule has 0 saturated heterocycles. The molecule has 4 nitrogen and oxygen atoms in total. The van der Waals surface area contributed by atoms with E-state index in [9.17, 15) is 10.1 Å². The first-order chi connectivity index (χ1) is 8.03. The van der Waals surface area contributed by atoms with E-state index in [0.29, 0.717) is 0 Å². The second kappa shape index (κ2) is 7.79. The maximum absolute atomic E-state index is 10.7. The number of nitrogens with zero attached hydrogens (tertiary/aromatic N) is 2. The molecule has 0 amide bonds. The Kier molecular flexibility index (Phi) is 8.64. The van der Waals surface area contributed by atoms with E-state index in [2.05, 4.69) is 49.6 Å². The number of nitro benzene ring substituents is 1. The van der Waals surface area contributed by atoms with Crippen LogP contribution in [0.4, 0.5) is 11.4 Å². The summed E-state index contributed by atoms with van der Waals surface area (Å²) in [5.74, 6) is 0. The van der Waals surface area contributed by atoms with Gasteiger partial charge in [-0.3, -0.25) is 10.1 Å². The Hall–Kier alpha value is -0.0900. The molecule has 0 bridgehead atoms. The Balaban J connectivity index is 0. The van der Waals surface area contributed by atoms with Crippen molar-refractivity contribution in [3.8, 4) is 0 Å². The van der Waals surface area contributed by atoms with Gasteiger partial charge >= 0.3 is 23.1 Å². The summed E-state index contributed by atoms with van der Waals surface area (Å²) in [4.78, 5) is 10.2. The molecule has 0 heterocycles. The van der Waals surface area contributed by atoms with Crippen molar-refractivity contribution >= 4 is 50.9 Å². The zero-order chi connectivity index (χ0) is 14.1. The summed E-state index contributed by atoms with van der Waals surface area (Å²) in [5.41, 5.74) is 1.10. The van der Waals surface area contributed by atoms with E-state index in [4.69, 9.17) is 0 Å². The van der Waals surface area contributed by atoms with Gasteiger partial charge in [0.2, 0.25) is 0 Å². The number of rotatable bonds is 4. The zero-order valence-electron chi connectivity index (χ0n) is 13.0. The van der Waals surface area contributed by atoms with Crippen molar-refractivity contribution in [1.82, 2.24) is 0 Å². The van der Waals surface area contributed by atoms with Gasteiger partial charge in [0, 0.05) is 4.92 Å². The molecule has 108 valence electrons. The third-order valence-corrected chi connectivity index (χ3v) is 9.80. The molecule has 1 aromatic rings.